The molecule has 0 radical (unpaired) electrons. The van der Waals surface area contributed by atoms with E-state index in [2.05, 4.69) is 4.98 Å². The van der Waals surface area contributed by atoms with Gasteiger partial charge in [0.05, 0.1) is 24.2 Å². The fourth-order valence-electron chi connectivity index (χ4n) is 4.73. The molecule has 6 rings (SSSR count). The largest absolute Gasteiger partial charge is 0.454 e. The standard InChI is InChI=1S/C30H21F2N2O/c1-18-8-13-22-23-14-15-24(31)28(21-11-9-20(10-12-21)19-6-4-3-5-7-19)30(23)35-29(22)27(18)25-16-26(32)33-17-34(25)2/h3-17H,1-2H3/q+1. The van der Waals surface area contributed by atoms with Gasteiger partial charge in [0.25, 0.3) is 6.33 Å². The molecule has 35 heavy (non-hydrogen) atoms. The number of benzene rings is 4. The van der Waals surface area contributed by atoms with Gasteiger partial charge in [-0.15, -0.1) is 0 Å². The van der Waals surface area contributed by atoms with Crippen molar-refractivity contribution in [2.75, 3.05) is 0 Å². The normalized spacial score (nSPS) is 11.4. The average Bonchev–Trinajstić information content (AvgIpc) is 3.24. The quantitative estimate of drug-likeness (QED) is 0.202. The topological polar surface area (TPSA) is 29.9 Å². The summed E-state index contributed by atoms with van der Waals surface area (Å²) in [7, 11) is 1.81. The van der Waals surface area contributed by atoms with Gasteiger partial charge in [-0.25, -0.2) is 8.96 Å². The molecule has 0 saturated heterocycles. The number of aryl methyl sites for hydroxylation is 2. The van der Waals surface area contributed by atoms with Crippen molar-refractivity contribution < 1.29 is 17.8 Å². The maximum atomic E-state index is 15.3. The molecular weight excluding hydrogens is 442 g/mol. The highest BCUT2D eigenvalue weighted by Gasteiger charge is 2.23. The van der Waals surface area contributed by atoms with Gasteiger partial charge in [0, 0.05) is 10.8 Å². The van der Waals surface area contributed by atoms with Crippen LogP contribution in [0.5, 0.6) is 0 Å². The molecule has 0 spiro atoms. The number of hydrogen-bond acceptors (Lipinski definition) is 2. The van der Waals surface area contributed by atoms with E-state index < -0.39 is 5.95 Å². The Labute approximate surface area is 200 Å². The van der Waals surface area contributed by atoms with Crippen molar-refractivity contribution in [2.45, 2.75) is 6.92 Å². The molecule has 0 fully saturated rings. The number of halogens is 2. The molecule has 0 amide bonds. The molecule has 3 nitrogen and oxygen atoms in total. The predicted molar refractivity (Wildman–Crippen MR) is 134 cm³/mol. The summed E-state index contributed by atoms with van der Waals surface area (Å²) < 4.78 is 37.5. The third kappa shape index (κ3) is 3.48. The Morgan fingerprint density at radius 1 is 0.714 bits per heavy atom. The minimum Gasteiger partial charge on any atom is -0.454 e. The number of fused-ring (bicyclic) bond motifs is 3. The predicted octanol–water partition coefficient (Wildman–Crippen LogP) is 7.39. The summed E-state index contributed by atoms with van der Waals surface area (Å²) >= 11 is 0. The van der Waals surface area contributed by atoms with Crippen LogP contribution < -0.4 is 4.57 Å². The van der Waals surface area contributed by atoms with E-state index in [9.17, 15) is 4.39 Å². The monoisotopic (exact) mass is 463 g/mol. The van der Waals surface area contributed by atoms with Crippen LogP contribution in [0.25, 0.3) is 55.4 Å². The molecule has 0 N–H and O–H groups in total. The SMILES string of the molecule is Cc1ccc2c(oc3c(-c4ccc(-c5ccccc5)cc4)c(F)ccc32)c1-c1cc(F)nc[n+]1C. The van der Waals surface area contributed by atoms with Crippen LogP contribution in [-0.4, -0.2) is 4.98 Å². The lowest BCUT2D eigenvalue weighted by atomic mass is 9.97. The molecule has 5 heteroatoms. The van der Waals surface area contributed by atoms with E-state index >= 15 is 4.39 Å². The van der Waals surface area contributed by atoms with Crippen molar-refractivity contribution in [3.63, 3.8) is 0 Å². The van der Waals surface area contributed by atoms with Crippen molar-refractivity contribution >= 4 is 21.9 Å². The van der Waals surface area contributed by atoms with Crippen LogP contribution >= 0.6 is 0 Å². The van der Waals surface area contributed by atoms with Crippen molar-refractivity contribution in [3.8, 4) is 33.5 Å². The zero-order valence-corrected chi connectivity index (χ0v) is 19.2. The summed E-state index contributed by atoms with van der Waals surface area (Å²) in [6.45, 7) is 1.95. The fourth-order valence-corrected chi connectivity index (χ4v) is 4.73. The number of hydrogen-bond donors (Lipinski definition) is 0. The van der Waals surface area contributed by atoms with Crippen molar-refractivity contribution in [2.24, 2.45) is 7.05 Å². The summed E-state index contributed by atoms with van der Waals surface area (Å²) in [5, 5.41) is 1.65. The first-order valence-electron chi connectivity index (χ1n) is 11.3. The molecular formula is C30H21F2N2O+. The molecule has 170 valence electrons. The maximum absolute atomic E-state index is 15.3. The lowest BCUT2D eigenvalue weighted by molar-refractivity contribution is -0.663. The lowest BCUT2D eigenvalue weighted by Gasteiger charge is -2.07. The highest BCUT2D eigenvalue weighted by Crippen LogP contribution is 2.41. The number of nitrogens with zero attached hydrogens (tertiary/aromatic N) is 2. The van der Waals surface area contributed by atoms with Gasteiger partial charge in [-0.05, 0) is 46.3 Å². The Bertz CT molecular complexity index is 1720. The number of aromatic nitrogens is 2. The van der Waals surface area contributed by atoms with Crippen LogP contribution in [0.15, 0.2) is 95.7 Å². The third-order valence-electron chi connectivity index (χ3n) is 6.49. The molecule has 0 atom stereocenters. The molecule has 6 aromatic rings. The van der Waals surface area contributed by atoms with E-state index in [4.69, 9.17) is 4.42 Å². The maximum Gasteiger partial charge on any atom is 0.325 e. The van der Waals surface area contributed by atoms with Crippen LogP contribution in [0.1, 0.15) is 5.56 Å². The second-order valence-corrected chi connectivity index (χ2v) is 8.69. The van der Waals surface area contributed by atoms with E-state index in [0.717, 1.165) is 38.6 Å². The third-order valence-corrected chi connectivity index (χ3v) is 6.49. The molecule has 0 aliphatic heterocycles. The molecule has 4 aromatic carbocycles. The van der Waals surface area contributed by atoms with Crippen molar-refractivity contribution in [3.05, 3.63) is 109 Å². The second kappa shape index (κ2) is 8.13. The Balaban J connectivity index is 1.59. The average molecular weight is 464 g/mol. The minimum absolute atomic E-state index is 0.359. The van der Waals surface area contributed by atoms with Gasteiger partial charge in [-0.1, -0.05) is 66.7 Å². The van der Waals surface area contributed by atoms with Crippen LogP contribution in [0.3, 0.4) is 0 Å². The smallest absolute Gasteiger partial charge is 0.325 e. The first kappa shape index (κ1) is 21.2. The summed E-state index contributed by atoms with van der Waals surface area (Å²) in [5.74, 6) is -0.932. The van der Waals surface area contributed by atoms with Crippen LogP contribution in [0.4, 0.5) is 8.78 Å². The van der Waals surface area contributed by atoms with Gasteiger partial charge in [-0.3, -0.25) is 0 Å². The van der Waals surface area contributed by atoms with Crippen LogP contribution in [0, 0.1) is 18.7 Å². The van der Waals surface area contributed by atoms with E-state index in [1.807, 2.05) is 80.7 Å². The van der Waals surface area contributed by atoms with E-state index in [1.165, 1.54) is 18.5 Å². The highest BCUT2D eigenvalue weighted by molar-refractivity contribution is 6.13. The first-order chi connectivity index (χ1) is 17.0. The van der Waals surface area contributed by atoms with Gasteiger partial charge in [-0.2, -0.15) is 4.39 Å². The minimum atomic E-state index is -0.573. The van der Waals surface area contributed by atoms with E-state index in [-0.39, 0.29) is 5.82 Å². The Morgan fingerprint density at radius 2 is 1.34 bits per heavy atom. The molecule has 0 aliphatic rings. The zero-order chi connectivity index (χ0) is 24.1. The molecule has 2 heterocycles. The van der Waals surface area contributed by atoms with Gasteiger partial charge in [0.2, 0.25) is 0 Å². The van der Waals surface area contributed by atoms with Gasteiger partial charge < -0.3 is 4.42 Å². The summed E-state index contributed by atoms with van der Waals surface area (Å²) in [6.07, 6.45) is 1.44. The summed E-state index contributed by atoms with van der Waals surface area (Å²) in [4.78, 5) is 3.73. The Morgan fingerprint density at radius 3 is 2.09 bits per heavy atom. The first-order valence-corrected chi connectivity index (χ1v) is 11.3. The van der Waals surface area contributed by atoms with Gasteiger partial charge in [0.15, 0.2) is 0 Å². The highest BCUT2D eigenvalue weighted by atomic mass is 19.1. The molecule has 0 saturated carbocycles. The van der Waals surface area contributed by atoms with E-state index in [0.29, 0.717) is 22.4 Å². The van der Waals surface area contributed by atoms with Crippen LogP contribution in [0.2, 0.25) is 0 Å². The molecule has 0 bridgehead atoms. The Kier molecular flexibility index (Phi) is 4.92. The summed E-state index contributed by atoms with van der Waals surface area (Å²) in [6, 6.07) is 26.4. The second-order valence-electron chi connectivity index (χ2n) is 8.69. The van der Waals surface area contributed by atoms with E-state index in [1.54, 1.807) is 10.6 Å². The lowest BCUT2D eigenvalue weighted by Crippen LogP contribution is -2.32. The van der Waals surface area contributed by atoms with Crippen molar-refractivity contribution in [1.29, 1.82) is 0 Å². The fraction of sp³-hybridized carbons (Fsp3) is 0.0667. The molecule has 0 unspecified atom stereocenters. The van der Waals surface area contributed by atoms with Crippen molar-refractivity contribution in [1.82, 2.24) is 4.98 Å². The molecule has 0 aliphatic carbocycles. The van der Waals surface area contributed by atoms with Crippen LogP contribution in [-0.2, 0) is 7.05 Å². The van der Waals surface area contributed by atoms with Gasteiger partial charge >= 0.3 is 5.95 Å². The van der Waals surface area contributed by atoms with Gasteiger partial charge in [0.1, 0.15) is 22.7 Å². The zero-order valence-electron chi connectivity index (χ0n) is 19.2. The number of rotatable bonds is 3. The Hall–Kier alpha value is -4.38. The summed E-state index contributed by atoms with van der Waals surface area (Å²) in [5.41, 5.74) is 6.66. The number of furan rings is 1. The molecule has 2 aromatic heterocycles.